The molecule has 0 amide bonds. The second-order valence-corrected chi connectivity index (χ2v) is 18.2. The first-order chi connectivity index (χ1) is 27.9. The second kappa shape index (κ2) is 25.9. The molecule has 0 aliphatic heterocycles. The van der Waals surface area contributed by atoms with Crippen molar-refractivity contribution < 1.29 is 9.47 Å². The summed E-state index contributed by atoms with van der Waals surface area (Å²) in [6, 6.07) is 36.0. The van der Waals surface area contributed by atoms with Gasteiger partial charge in [-0.05, 0) is 107 Å². The lowest BCUT2D eigenvalue weighted by Crippen LogP contribution is -2.12. The average Bonchev–Trinajstić information content (AvgIpc) is 3.86. The van der Waals surface area contributed by atoms with Crippen LogP contribution >= 0.6 is 0 Å². The van der Waals surface area contributed by atoms with Crippen molar-refractivity contribution in [2.24, 2.45) is 10.8 Å². The third-order valence-electron chi connectivity index (χ3n) is 10.5. The molecule has 6 aromatic rings. The maximum absolute atomic E-state index is 5.79. The molecule has 0 unspecified atom stereocenters. The van der Waals surface area contributed by atoms with E-state index < -0.39 is 0 Å². The highest BCUT2D eigenvalue weighted by Gasteiger charge is 2.11. The Morgan fingerprint density at radius 2 is 0.710 bits per heavy atom. The number of nitrogens with zero attached hydrogens (tertiary/aromatic N) is 6. The summed E-state index contributed by atoms with van der Waals surface area (Å²) in [5.41, 5.74) is 13.0. The fourth-order valence-corrected chi connectivity index (χ4v) is 6.70. The van der Waals surface area contributed by atoms with Crippen LogP contribution in [0.2, 0.25) is 0 Å². The average molecular weight is 845 g/mol. The molecule has 2 aromatic heterocycles. The van der Waals surface area contributed by atoms with Gasteiger partial charge >= 0.3 is 0 Å². The lowest BCUT2D eigenvalue weighted by molar-refractivity contribution is 0.0994. The number of rotatable bonds is 21. The SMILES string of the molecule is C.C.C.C.CC(C)(C)CCOCCn1cc(CCc2ccc(Cc3ccc(-c4ccc(Cc5ccc(CCc6cn(CCOCCC(C)(C)C)nn6)cc5)cc4)cc3)cc2)nn1. The van der Waals surface area contributed by atoms with Gasteiger partial charge in [0, 0.05) is 25.6 Å². The Labute approximate surface area is 376 Å². The number of ether oxygens (including phenoxy) is 2. The smallest absolute Gasteiger partial charge is 0.0830 e. The van der Waals surface area contributed by atoms with Gasteiger partial charge in [0.05, 0.1) is 37.7 Å². The largest absolute Gasteiger partial charge is 0.380 e. The third kappa shape index (κ3) is 18.6. The van der Waals surface area contributed by atoms with Gasteiger partial charge in [-0.15, -0.1) is 10.2 Å². The predicted octanol–water partition coefficient (Wildman–Crippen LogP) is 12.7. The topological polar surface area (TPSA) is 79.9 Å². The number of hydrogen-bond acceptors (Lipinski definition) is 6. The molecule has 0 aliphatic rings. The van der Waals surface area contributed by atoms with E-state index >= 15 is 0 Å². The van der Waals surface area contributed by atoms with E-state index in [1.54, 1.807) is 0 Å². The minimum Gasteiger partial charge on any atom is -0.380 e. The monoisotopic (exact) mass is 845 g/mol. The van der Waals surface area contributed by atoms with E-state index in [0.717, 1.165) is 89.1 Å². The summed E-state index contributed by atoms with van der Waals surface area (Å²) in [6.07, 6.45) is 11.7. The van der Waals surface area contributed by atoms with Gasteiger partial charge in [0.2, 0.25) is 0 Å². The maximum atomic E-state index is 5.79. The standard InChI is InChI=1S/C50H64N6O2.4CH4/c1-49(2,3)27-31-57-33-29-55-37-47(51-53-55)25-19-39-7-11-41(12-8-39)35-43-15-21-45(22-16-43)46-23-17-44(18-24-46)36-42-13-9-40(10-14-42)20-26-48-38-56(54-52-48)30-34-58-32-28-50(4,5)6;;;;/h7-18,21-24,37-38H,19-20,25-36H2,1-6H3;4*1H4. The quantitative estimate of drug-likeness (QED) is 0.0672. The summed E-state index contributed by atoms with van der Waals surface area (Å²) in [5, 5.41) is 17.3. The van der Waals surface area contributed by atoms with Crippen LogP contribution in [-0.4, -0.2) is 56.4 Å². The summed E-state index contributed by atoms with van der Waals surface area (Å²) < 4.78 is 15.4. The van der Waals surface area contributed by atoms with E-state index in [1.807, 2.05) is 21.8 Å². The minimum absolute atomic E-state index is 0. The van der Waals surface area contributed by atoms with Crippen molar-refractivity contribution >= 4 is 0 Å². The van der Waals surface area contributed by atoms with Crippen LogP contribution in [-0.2, 0) is 61.1 Å². The zero-order valence-electron chi connectivity index (χ0n) is 35.8. The third-order valence-corrected chi connectivity index (χ3v) is 10.5. The summed E-state index contributed by atoms with van der Waals surface area (Å²) in [7, 11) is 0. The molecule has 0 spiro atoms. The summed E-state index contributed by atoms with van der Waals surface area (Å²) in [5.74, 6) is 0. The summed E-state index contributed by atoms with van der Waals surface area (Å²) in [6.45, 7) is 17.8. The summed E-state index contributed by atoms with van der Waals surface area (Å²) >= 11 is 0. The van der Waals surface area contributed by atoms with Crippen LogP contribution in [0.5, 0.6) is 0 Å². The number of aryl methyl sites for hydroxylation is 4. The van der Waals surface area contributed by atoms with Gasteiger partial charge in [0.25, 0.3) is 0 Å². The first kappa shape index (κ1) is 53.2. The molecule has 2 heterocycles. The van der Waals surface area contributed by atoms with E-state index in [9.17, 15) is 0 Å². The van der Waals surface area contributed by atoms with Crippen molar-refractivity contribution in [1.29, 1.82) is 0 Å². The van der Waals surface area contributed by atoms with Crippen molar-refractivity contribution in [2.45, 2.75) is 136 Å². The molecule has 0 saturated carbocycles. The Morgan fingerprint density at radius 1 is 0.403 bits per heavy atom. The Hall–Kier alpha value is -4.92. The number of hydrogen-bond donors (Lipinski definition) is 0. The van der Waals surface area contributed by atoms with Gasteiger partial charge in [-0.25, -0.2) is 9.36 Å². The second-order valence-electron chi connectivity index (χ2n) is 18.2. The molecule has 8 heteroatoms. The molecule has 338 valence electrons. The van der Waals surface area contributed by atoms with E-state index in [4.69, 9.17) is 9.47 Å². The molecule has 6 rings (SSSR count). The highest BCUT2D eigenvalue weighted by Crippen LogP contribution is 2.23. The molecule has 4 aromatic carbocycles. The predicted molar refractivity (Wildman–Crippen MR) is 262 cm³/mol. The van der Waals surface area contributed by atoms with Crippen molar-refractivity contribution in [1.82, 2.24) is 30.0 Å². The molecule has 0 saturated heterocycles. The highest BCUT2D eigenvalue weighted by atomic mass is 16.5. The molecular formula is C54H80N6O2. The first-order valence-electron chi connectivity index (χ1n) is 21.2. The van der Waals surface area contributed by atoms with Crippen molar-refractivity contribution in [3.8, 4) is 11.1 Å². The normalized spacial score (nSPS) is 11.3. The molecule has 0 bridgehead atoms. The van der Waals surface area contributed by atoms with Crippen LogP contribution in [0, 0.1) is 10.8 Å². The number of benzene rings is 4. The molecule has 0 aliphatic carbocycles. The molecule has 62 heavy (non-hydrogen) atoms. The maximum Gasteiger partial charge on any atom is 0.0830 e. The van der Waals surface area contributed by atoms with Crippen molar-refractivity contribution in [3.05, 3.63) is 154 Å². The Kier molecular flexibility index (Phi) is 22.2. The molecular weight excluding hydrogens is 765 g/mol. The van der Waals surface area contributed by atoms with Crippen LogP contribution in [0.25, 0.3) is 11.1 Å². The summed E-state index contributed by atoms with van der Waals surface area (Å²) in [4.78, 5) is 0. The van der Waals surface area contributed by atoms with Crippen LogP contribution < -0.4 is 0 Å². The Balaban J connectivity index is 0.00000331. The van der Waals surface area contributed by atoms with Gasteiger partial charge in [-0.1, -0.05) is 179 Å². The highest BCUT2D eigenvalue weighted by molar-refractivity contribution is 5.64. The van der Waals surface area contributed by atoms with Gasteiger partial charge in [0.15, 0.2) is 0 Å². The minimum atomic E-state index is 0. The van der Waals surface area contributed by atoms with E-state index in [0.29, 0.717) is 24.0 Å². The molecule has 8 nitrogen and oxygen atoms in total. The van der Waals surface area contributed by atoms with Crippen LogP contribution in [0.15, 0.2) is 109 Å². The van der Waals surface area contributed by atoms with Crippen molar-refractivity contribution in [2.75, 3.05) is 26.4 Å². The van der Waals surface area contributed by atoms with E-state index in [1.165, 1.54) is 44.5 Å². The van der Waals surface area contributed by atoms with E-state index in [-0.39, 0.29) is 29.7 Å². The van der Waals surface area contributed by atoms with Crippen molar-refractivity contribution in [3.63, 3.8) is 0 Å². The molecule has 0 fully saturated rings. The zero-order valence-corrected chi connectivity index (χ0v) is 35.8. The van der Waals surface area contributed by atoms with Gasteiger partial charge < -0.3 is 9.47 Å². The van der Waals surface area contributed by atoms with Crippen LogP contribution in [0.4, 0.5) is 0 Å². The molecule has 0 N–H and O–H groups in total. The van der Waals surface area contributed by atoms with Crippen LogP contribution in [0.1, 0.15) is 129 Å². The van der Waals surface area contributed by atoms with Gasteiger partial charge in [-0.3, -0.25) is 0 Å². The van der Waals surface area contributed by atoms with Gasteiger partial charge in [0.1, 0.15) is 0 Å². The molecule has 0 atom stereocenters. The Morgan fingerprint density at radius 3 is 1.03 bits per heavy atom. The lowest BCUT2D eigenvalue weighted by atomic mass is 9.93. The zero-order chi connectivity index (χ0) is 40.8. The molecule has 0 radical (unpaired) electrons. The Bertz CT molecular complexity index is 1930. The fraction of sp³-hybridized carbons (Fsp3) is 0.481. The first-order valence-corrected chi connectivity index (χ1v) is 21.2. The van der Waals surface area contributed by atoms with E-state index in [2.05, 4.69) is 159 Å². The fourth-order valence-electron chi connectivity index (χ4n) is 6.70. The van der Waals surface area contributed by atoms with Gasteiger partial charge in [-0.2, -0.15) is 0 Å². The number of aromatic nitrogens is 6. The lowest BCUT2D eigenvalue weighted by Gasteiger charge is -2.17. The van der Waals surface area contributed by atoms with Crippen LogP contribution in [0.3, 0.4) is 0 Å².